The molecule has 4 rings (SSSR count). The normalized spacial score (nSPS) is 13.3. The zero-order chi connectivity index (χ0) is 23.7. The first-order valence-electron chi connectivity index (χ1n) is 10.6. The monoisotopic (exact) mass is 447 g/mol. The summed E-state index contributed by atoms with van der Waals surface area (Å²) in [5.41, 5.74) is 0.503. The maximum Gasteiger partial charge on any atom is 0.329 e. The van der Waals surface area contributed by atoms with Crippen molar-refractivity contribution in [3.63, 3.8) is 0 Å². The van der Waals surface area contributed by atoms with E-state index in [1.807, 2.05) is 24.3 Å². The summed E-state index contributed by atoms with van der Waals surface area (Å²) < 4.78 is 0.853. The first-order valence-corrected chi connectivity index (χ1v) is 10.6. The molecule has 4 aromatic rings. The smallest absolute Gasteiger partial charge is 0.329 e. The number of nitrogens with one attached hydrogen (secondary N) is 3. The van der Waals surface area contributed by atoms with Crippen LogP contribution in [0.25, 0.3) is 21.8 Å². The van der Waals surface area contributed by atoms with Crippen molar-refractivity contribution in [2.75, 3.05) is 0 Å². The molecule has 0 saturated carbocycles. The van der Waals surface area contributed by atoms with Gasteiger partial charge in [-0.2, -0.15) is 0 Å². The number of amides is 1. The van der Waals surface area contributed by atoms with Crippen molar-refractivity contribution in [3.05, 3.63) is 81.1 Å². The second-order valence-electron chi connectivity index (χ2n) is 8.28. The van der Waals surface area contributed by atoms with Crippen LogP contribution in [0.15, 0.2) is 64.3 Å². The molecule has 0 saturated heterocycles. The molecule has 0 bridgehead atoms. The minimum absolute atomic E-state index is 0.00492. The molecule has 9 nitrogen and oxygen atoms in total. The number of aromatic amines is 2. The maximum absolute atomic E-state index is 13.3. The number of hydrogen-bond donors (Lipinski definition) is 3. The Morgan fingerprint density at radius 1 is 1.00 bits per heavy atom. The number of para-hydroxylation sites is 2. The van der Waals surface area contributed by atoms with E-state index >= 15 is 0 Å². The third-order valence-electron chi connectivity index (χ3n) is 5.76. The quantitative estimate of drug-likeness (QED) is 0.385. The van der Waals surface area contributed by atoms with Gasteiger partial charge in [-0.15, -0.1) is 0 Å². The van der Waals surface area contributed by atoms with Gasteiger partial charge in [-0.05, 0) is 29.7 Å². The number of aliphatic carboxylic acids is 1. The van der Waals surface area contributed by atoms with Crippen molar-refractivity contribution in [3.8, 4) is 0 Å². The molecule has 2 aromatic heterocycles. The van der Waals surface area contributed by atoms with Crippen LogP contribution in [0.5, 0.6) is 0 Å². The van der Waals surface area contributed by atoms with Gasteiger partial charge in [0, 0.05) is 23.5 Å². The van der Waals surface area contributed by atoms with Gasteiger partial charge in [-0.3, -0.25) is 9.59 Å². The summed E-state index contributed by atoms with van der Waals surface area (Å²) in [6, 6.07) is 11.4. The van der Waals surface area contributed by atoms with Crippen LogP contribution >= 0.6 is 0 Å². The molecule has 0 fully saturated rings. The Bertz CT molecular complexity index is 1460. The molecular weight excluding hydrogens is 424 g/mol. The van der Waals surface area contributed by atoms with Gasteiger partial charge in [0.15, 0.2) is 0 Å². The summed E-state index contributed by atoms with van der Waals surface area (Å²) in [5, 5.41) is 15.1. The molecule has 0 aliphatic rings. The predicted molar refractivity (Wildman–Crippen MR) is 122 cm³/mol. The highest BCUT2D eigenvalue weighted by Crippen LogP contribution is 2.22. The second kappa shape index (κ2) is 8.78. The zero-order valence-electron chi connectivity index (χ0n) is 18.1. The molecule has 1 amide bonds. The van der Waals surface area contributed by atoms with Crippen LogP contribution in [0.1, 0.15) is 25.5 Å². The topological polar surface area (TPSA) is 140 Å². The molecule has 170 valence electrons. The molecule has 33 heavy (non-hydrogen) atoms. The Kier molecular flexibility index (Phi) is 5.87. The average molecular weight is 447 g/mol. The fourth-order valence-electron chi connectivity index (χ4n) is 4.02. The number of aromatic nitrogens is 3. The van der Waals surface area contributed by atoms with Crippen LogP contribution in [0.3, 0.4) is 0 Å². The Balaban J connectivity index is 1.85. The third-order valence-corrected chi connectivity index (χ3v) is 5.76. The molecule has 0 aliphatic heterocycles. The van der Waals surface area contributed by atoms with Crippen molar-refractivity contribution < 1.29 is 14.7 Å². The van der Waals surface area contributed by atoms with Gasteiger partial charge in [-0.1, -0.05) is 44.2 Å². The Labute approximate surface area is 188 Å². The van der Waals surface area contributed by atoms with E-state index in [4.69, 9.17) is 0 Å². The maximum atomic E-state index is 13.3. The van der Waals surface area contributed by atoms with Crippen LogP contribution in [0, 0.1) is 5.92 Å². The standard InChI is InChI=1S/C24H24N4O5/c1-13(2)20(23(31)32)27-21(29)19(11-14-12-25-17-9-5-3-7-15(14)17)28-22(30)16-8-4-6-10-18(16)26-24(28)33/h3-10,12-13,19-20,25H,11H2,1-2H3,(H,26,33)(H,27,29)(H,31,32)/p-1/t19-,20-/m0/s1. The second-order valence-corrected chi connectivity index (χ2v) is 8.28. The number of rotatable bonds is 7. The van der Waals surface area contributed by atoms with E-state index in [0.717, 1.165) is 15.5 Å². The molecule has 3 N–H and O–H groups in total. The molecule has 2 atom stereocenters. The average Bonchev–Trinajstić information content (AvgIpc) is 3.19. The largest absolute Gasteiger partial charge is 0.548 e. The van der Waals surface area contributed by atoms with Crippen LogP contribution < -0.4 is 21.7 Å². The van der Waals surface area contributed by atoms with Crippen molar-refractivity contribution in [1.82, 2.24) is 19.9 Å². The molecule has 0 spiro atoms. The van der Waals surface area contributed by atoms with Crippen molar-refractivity contribution >= 4 is 33.7 Å². The van der Waals surface area contributed by atoms with Gasteiger partial charge < -0.3 is 25.2 Å². The summed E-state index contributed by atoms with van der Waals surface area (Å²) in [5.74, 6) is -2.66. The lowest BCUT2D eigenvalue weighted by Gasteiger charge is -2.26. The van der Waals surface area contributed by atoms with Crippen LogP contribution in [0.2, 0.25) is 0 Å². The van der Waals surface area contributed by atoms with Gasteiger partial charge >= 0.3 is 5.69 Å². The van der Waals surface area contributed by atoms with Gasteiger partial charge in [0.25, 0.3) is 5.56 Å². The van der Waals surface area contributed by atoms with E-state index in [0.29, 0.717) is 11.1 Å². The Morgan fingerprint density at radius 2 is 1.64 bits per heavy atom. The van der Waals surface area contributed by atoms with Crippen LogP contribution in [0.4, 0.5) is 0 Å². The lowest BCUT2D eigenvalue weighted by Crippen LogP contribution is -2.54. The number of benzene rings is 2. The van der Waals surface area contributed by atoms with E-state index < -0.39 is 41.1 Å². The van der Waals surface area contributed by atoms with Gasteiger partial charge in [-0.25, -0.2) is 9.36 Å². The lowest BCUT2D eigenvalue weighted by molar-refractivity contribution is -0.309. The van der Waals surface area contributed by atoms with E-state index in [1.165, 1.54) is 0 Å². The van der Waals surface area contributed by atoms with Crippen LogP contribution in [-0.2, 0) is 16.0 Å². The summed E-state index contributed by atoms with van der Waals surface area (Å²) in [7, 11) is 0. The third kappa shape index (κ3) is 4.17. The van der Waals surface area contributed by atoms with E-state index in [-0.39, 0.29) is 11.8 Å². The number of carboxylic acids is 1. The van der Waals surface area contributed by atoms with Gasteiger partial charge in [0.05, 0.1) is 22.9 Å². The number of nitrogens with zero attached hydrogens (tertiary/aromatic N) is 1. The summed E-state index contributed by atoms with van der Waals surface area (Å²) >= 11 is 0. The zero-order valence-corrected chi connectivity index (χ0v) is 18.1. The predicted octanol–water partition coefficient (Wildman–Crippen LogP) is 0.846. The first-order chi connectivity index (χ1) is 15.8. The minimum Gasteiger partial charge on any atom is -0.548 e. The van der Waals surface area contributed by atoms with E-state index in [9.17, 15) is 24.3 Å². The number of carbonyl (C=O) groups excluding carboxylic acids is 2. The minimum atomic E-state index is -1.44. The van der Waals surface area contributed by atoms with Gasteiger partial charge in [0.1, 0.15) is 6.04 Å². The summed E-state index contributed by atoms with van der Waals surface area (Å²) in [6.45, 7) is 3.26. The molecule has 2 aromatic carbocycles. The van der Waals surface area contributed by atoms with Gasteiger partial charge in [0.2, 0.25) is 5.91 Å². The number of hydrogen-bond acceptors (Lipinski definition) is 5. The lowest BCUT2D eigenvalue weighted by atomic mass is 10.0. The summed E-state index contributed by atoms with van der Waals surface area (Å²) in [6.07, 6.45) is 1.71. The van der Waals surface area contributed by atoms with Crippen molar-refractivity contribution in [1.29, 1.82) is 0 Å². The van der Waals surface area contributed by atoms with Crippen molar-refractivity contribution in [2.24, 2.45) is 5.92 Å². The van der Waals surface area contributed by atoms with Crippen LogP contribution in [-0.4, -0.2) is 32.5 Å². The number of fused-ring (bicyclic) bond motifs is 2. The molecular formula is C24H23N4O5-. The van der Waals surface area contributed by atoms with E-state index in [2.05, 4.69) is 15.3 Å². The molecule has 0 radical (unpaired) electrons. The Hall–Kier alpha value is -4.14. The SMILES string of the molecule is CC(C)[C@H](NC(=O)[C@H](Cc1c[nH]c2ccccc12)n1c(=O)[nH]c2ccccc2c1=O)C(=O)[O-]. The number of carbonyl (C=O) groups is 2. The first kappa shape index (κ1) is 22.1. The highest BCUT2D eigenvalue weighted by atomic mass is 16.4. The van der Waals surface area contributed by atoms with E-state index in [1.54, 1.807) is 44.3 Å². The Morgan fingerprint density at radius 3 is 2.30 bits per heavy atom. The fraction of sp³-hybridized carbons (Fsp3) is 0.250. The molecule has 0 unspecified atom stereocenters. The summed E-state index contributed by atoms with van der Waals surface area (Å²) in [4.78, 5) is 56.9. The molecule has 0 aliphatic carbocycles. The number of carboxylic acid groups (broad SMARTS) is 1. The fourth-order valence-corrected chi connectivity index (χ4v) is 4.02. The highest BCUT2D eigenvalue weighted by molar-refractivity contribution is 5.88. The number of H-pyrrole nitrogens is 2. The van der Waals surface area contributed by atoms with Crippen molar-refractivity contribution in [2.45, 2.75) is 32.4 Å². The highest BCUT2D eigenvalue weighted by Gasteiger charge is 2.29. The molecule has 2 heterocycles. The molecule has 9 heteroatoms.